The second kappa shape index (κ2) is 6.51. The maximum absolute atomic E-state index is 13.9. The molecule has 4 aromatic rings. The summed E-state index contributed by atoms with van der Waals surface area (Å²) in [6.07, 6.45) is 3.30. The molecule has 2 heterocycles. The predicted molar refractivity (Wildman–Crippen MR) is 95.1 cm³/mol. The van der Waals surface area contributed by atoms with Gasteiger partial charge in [0.15, 0.2) is 5.82 Å². The predicted octanol–water partition coefficient (Wildman–Crippen LogP) is 4.27. The Morgan fingerprint density at radius 2 is 1.88 bits per heavy atom. The van der Waals surface area contributed by atoms with E-state index in [1.54, 1.807) is 10.7 Å². The summed E-state index contributed by atoms with van der Waals surface area (Å²) in [6.45, 7) is 1.90. The smallest absolute Gasteiger partial charge is 0.152 e. The minimum Gasteiger partial charge on any atom is -0.376 e. The minimum atomic E-state index is -0.689. The van der Waals surface area contributed by atoms with Crippen LogP contribution in [-0.4, -0.2) is 20.0 Å². The van der Waals surface area contributed by atoms with Crippen LogP contribution in [0.25, 0.3) is 16.6 Å². The quantitative estimate of drug-likeness (QED) is 0.597. The van der Waals surface area contributed by atoms with Gasteiger partial charge in [0.1, 0.15) is 17.0 Å². The van der Waals surface area contributed by atoms with Crippen molar-refractivity contribution in [1.29, 1.82) is 0 Å². The van der Waals surface area contributed by atoms with Gasteiger partial charge in [0.05, 0.1) is 17.9 Å². The zero-order chi connectivity index (χ0) is 18.1. The molecule has 0 saturated carbocycles. The number of nitrogens with zero attached hydrogens (tertiary/aromatic N) is 4. The molecule has 1 atom stereocenters. The summed E-state index contributed by atoms with van der Waals surface area (Å²) in [5, 5.41) is 11.9. The summed E-state index contributed by atoms with van der Waals surface area (Å²) in [6, 6.07) is 13.2. The SMILES string of the molecule is CC(Nc1ccnc2c(F)cc(F)cc12)c1cn(-c2ccccc2)nn1. The fourth-order valence-corrected chi connectivity index (χ4v) is 2.79. The fourth-order valence-electron chi connectivity index (χ4n) is 2.79. The van der Waals surface area contributed by atoms with Crippen LogP contribution in [-0.2, 0) is 0 Å². The van der Waals surface area contributed by atoms with Crippen LogP contribution in [0, 0.1) is 11.6 Å². The van der Waals surface area contributed by atoms with Crippen LogP contribution in [0.3, 0.4) is 0 Å². The molecule has 0 bridgehead atoms. The van der Waals surface area contributed by atoms with E-state index in [9.17, 15) is 8.78 Å². The molecule has 0 radical (unpaired) electrons. The van der Waals surface area contributed by atoms with Gasteiger partial charge in [0, 0.05) is 23.3 Å². The van der Waals surface area contributed by atoms with Crippen molar-refractivity contribution in [2.75, 3.05) is 5.32 Å². The molecule has 0 amide bonds. The van der Waals surface area contributed by atoms with Crippen LogP contribution in [0.1, 0.15) is 18.7 Å². The van der Waals surface area contributed by atoms with Crippen molar-refractivity contribution >= 4 is 16.6 Å². The van der Waals surface area contributed by atoms with Gasteiger partial charge in [-0.1, -0.05) is 23.4 Å². The zero-order valence-corrected chi connectivity index (χ0v) is 13.9. The third-order valence-corrected chi connectivity index (χ3v) is 4.11. The van der Waals surface area contributed by atoms with Crippen LogP contribution in [0.2, 0.25) is 0 Å². The van der Waals surface area contributed by atoms with Crippen molar-refractivity contribution in [1.82, 2.24) is 20.0 Å². The molecular weight excluding hydrogens is 336 g/mol. The number of halogens is 2. The molecule has 1 unspecified atom stereocenters. The lowest BCUT2D eigenvalue weighted by Crippen LogP contribution is -2.08. The summed E-state index contributed by atoms with van der Waals surface area (Å²) in [5.41, 5.74) is 2.30. The molecule has 2 aromatic carbocycles. The average molecular weight is 351 g/mol. The first kappa shape index (κ1) is 16.1. The fraction of sp³-hybridized carbons (Fsp3) is 0.105. The van der Waals surface area contributed by atoms with Crippen LogP contribution in [0.5, 0.6) is 0 Å². The average Bonchev–Trinajstić information content (AvgIpc) is 3.13. The molecule has 0 spiro atoms. The molecule has 0 saturated heterocycles. The van der Waals surface area contributed by atoms with Gasteiger partial charge in [0.2, 0.25) is 0 Å². The lowest BCUT2D eigenvalue weighted by Gasteiger charge is -2.14. The van der Waals surface area contributed by atoms with Crippen LogP contribution < -0.4 is 5.32 Å². The maximum Gasteiger partial charge on any atom is 0.152 e. The van der Waals surface area contributed by atoms with Gasteiger partial charge in [-0.25, -0.2) is 13.5 Å². The van der Waals surface area contributed by atoms with Gasteiger partial charge in [-0.15, -0.1) is 5.10 Å². The van der Waals surface area contributed by atoms with Crippen LogP contribution in [0.4, 0.5) is 14.5 Å². The van der Waals surface area contributed by atoms with E-state index in [0.717, 1.165) is 11.8 Å². The Kier molecular flexibility index (Phi) is 4.04. The van der Waals surface area contributed by atoms with Gasteiger partial charge in [-0.05, 0) is 31.2 Å². The normalized spacial score (nSPS) is 12.3. The third kappa shape index (κ3) is 2.99. The van der Waals surface area contributed by atoms with E-state index in [2.05, 4.69) is 20.6 Å². The largest absolute Gasteiger partial charge is 0.376 e. The highest BCUT2D eigenvalue weighted by atomic mass is 19.1. The number of benzene rings is 2. The summed E-state index contributed by atoms with van der Waals surface area (Å²) >= 11 is 0. The lowest BCUT2D eigenvalue weighted by atomic mass is 10.1. The number of fused-ring (bicyclic) bond motifs is 1. The summed E-state index contributed by atoms with van der Waals surface area (Å²) in [4.78, 5) is 3.99. The Balaban J connectivity index is 1.64. The standard InChI is InChI=1S/C19H15F2N5/c1-12(18-11-26(25-24-18)14-5-3-2-4-6-14)23-17-7-8-22-19-15(17)9-13(20)10-16(19)21/h2-12H,1H3,(H,22,23). The van der Waals surface area contributed by atoms with Gasteiger partial charge in [-0.3, -0.25) is 4.98 Å². The van der Waals surface area contributed by atoms with Crippen molar-refractivity contribution in [3.8, 4) is 5.69 Å². The molecule has 130 valence electrons. The van der Waals surface area contributed by atoms with E-state index >= 15 is 0 Å². The first-order valence-corrected chi connectivity index (χ1v) is 8.10. The molecule has 26 heavy (non-hydrogen) atoms. The highest BCUT2D eigenvalue weighted by Crippen LogP contribution is 2.27. The van der Waals surface area contributed by atoms with Gasteiger partial charge in [-0.2, -0.15) is 0 Å². The molecule has 1 N–H and O–H groups in total. The molecule has 2 aromatic heterocycles. The summed E-state index contributed by atoms with van der Waals surface area (Å²) in [5.74, 6) is -1.33. The van der Waals surface area contributed by atoms with E-state index in [-0.39, 0.29) is 11.6 Å². The number of nitrogens with one attached hydrogen (secondary N) is 1. The lowest BCUT2D eigenvalue weighted by molar-refractivity contribution is 0.590. The molecule has 5 nitrogen and oxygen atoms in total. The zero-order valence-electron chi connectivity index (χ0n) is 13.9. The number of pyridine rings is 1. The Hall–Kier alpha value is -3.35. The van der Waals surface area contributed by atoms with Crippen molar-refractivity contribution in [2.24, 2.45) is 0 Å². The molecule has 4 rings (SSSR count). The Labute approximate surface area is 148 Å². The van der Waals surface area contributed by atoms with E-state index in [0.29, 0.717) is 16.8 Å². The first-order chi connectivity index (χ1) is 12.6. The second-order valence-electron chi connectivity index (χ2n) is 5.93. The van der Waals surface area contributed by atoms with Crippen LogP contribution in [0.15, 0.2) is 60.9 Å². The van der Waals surface area contributed by atoms with Crippen molar-refractivity contribution < 1.29 is 8.78 Å². The summed E-state index contributed by atoms with van der Waals surface area (Å²) < 4.78 is 29.2. The summed E-state index contributed by atoms with van der Waals surface area (Å²) in [7, 11) is 0. The number of hydrogen-bond donors (Lipinski definition) is 1. The Bertz CT molecular complexity index is 1060. The molecule has 0 aliphatic heterocycles. The van der Waals surface area contributed by atoms with Crippen molar-refractivity contribution in [3.63, 3.8) is 0 Å². The maximum atomic E-state index is 13.9. The number of aromatic nitrogens is 4. The first-order valence-electron chi connectivity index (χ1n) is 8.10. The molecule has 7 heteroatoms. The number of rotatable bonds is 4. The van der Waals surface area contributed by atoms with E-state index in [1.807, 2.05) is 43.5 Å². The Morgan fingerprint density at radius 3 is 2.69 bits per heavy atom. The van der Waals surface area contributed by atoms with Gasteiger partial charge in [0.25, 0.3) is 0 Å². The molecule has 0 aliphatic rings. The van der Waals surface area contributed by atoms with E-state index < -0.39 is 11.6 Å². The molecular formula is C19H15F2N5. The topological polar surface area (TPSA) is 55.6 Å². The molecule has 0 aliphatic carbocycles. The van der Waals surface area contributed by atoms with E-state index in [4.69, 9.17) is 0 Å². The second-order valence-corrected chi connectivity index (χ2v) is 5.93. The molecule has 0 fully saturated rings. The van der Waals surface area contributed by atoms with Gasteiger partial charge >= 0.3 is 0 Å². The number of anilines is 1. The van der Waals surface area contributed by atoms with E-state index in [1.165, 1.54) is 12.3 Å². The van der Waals surface area contributed by atoms with Gasteiger partial charge < -0.3 is 5.32 Å². The highest BCUT2D eigenvalue weighted by molar-refractivity contribution is 5.91. The third-order valence-electron chi connectivity index (χ3n) is 4.11. The van der Waals surface area contributed by atoms with Crippen molar-refractivity contribution in [3.05, 3.63) is 78.3 Å². The van der Waals surface area contributed by atoms with Crippen molar-refractivity contribution in [2.45, 2.75) is 13.0 Å². The number of hydrogen-bond acceptors (Lipinski definition) is 4. The monoisotopic (exact) mass is 351 g/mol. The minimum absolute atomic E-state index is 0.122. The number of para-hydroxylation sites is 1. The highest BCUT2D eigenvalue weighted by Gasteiger charge is 2.14. The Morgan fingerprint density at radius 1 is 1.08 bits per heavy atom. The van der Waals surface area contributed by atoms with Crippen LogP contribution >= 0.6 is 0 Å².